The summed E-state index contributed by atoms with van der Waals surface area (Å²) in [6.45, 7) is 2.78. The summed E-state index contributed by atoms with van der Waals surface area (Å²) in [5.41, 5.74) is 0. The summed E-state index contributed by atoms with van der Waals surface area (Å²) in [5, 5.41) is 3.02. The topological polar surface area (TPSA) is 42.8 Å². The average molecular weight is 291 g/mol. The number of carbonyl (C=O) groups is 1. The highest BCUT2D eigenvalue weighted by Crippen LogP contribution is 2.26. The molecular formula is C17H27N2O2+. The maximum absolute atomic E-state index is 11.9. The van der Waals surface area contributed by atoms with Gasteiger partial charge in [0.25, 0.3) is 0 Å². The number of nitrogens with one attached hydrogen (secondary N) is 2. The second-order valence-corrected chi connectivity index (χ2v) is 6.94. The molecule has 0 aromatic carbocycles. The van der Waals surface area contributed by atoms with Gasteiger partial charge < -0.3 is 15.0 Å². The van der Waals surface area contributed by atoms with Gasteiger partial charge in [0.15, 0.2) is 0 Å². The van der Waals surface area contributed by atoms with E-state index in [1.54, 1.807) is 0 Å². The van der Waals surface area contributed by atoms with Crippen LogP contribution in [0.2, 0.25) is 0 Å². The molecule has 0 spiro atoms. The molecule has 0 aromatic heterocycles. The Labute approximate surface area is 127 Å². The van der Waals surface area contributed by atoms with Crippen LogP contribution < -0.4 is 10.2 Å². The van der Waals surface area contributed by atoms with Gasteiger partial charge in [-0.05, 0) is 18.8 Å². The fourth-order valence-corrected chi connectivity index (χ4v) is 4.32. The largest absolute Gasteiger partial charge is 0.443 e. The number of rotatable bonds is 3. The van der Waals surface area contributed by atoms with Crippen LogP contribution in [-0.4, -0.2) is 37.9 Å². The molecule has 4 rings (SSSR count). The van der Waals surface area contributed by atoms with E-state index in [-0.39, 0.29) is 6.09 Å². The number of alkyl carbamates (subject to hydrolysis) is 1. The van der Waals surface area contributed by atoms with Crippen LogP contribution in [0.3, 0.4) is 0 Å². The van der Waals surface area contributed by atoms with E-state index < -0.39 is 0 Å². The van der Waals surface area contributed by atoms with Crippen molar-refractivity contribution in [2.75, 3.05) is 19.7 Å². The minimum atomic E-state index is -0.225. The van der Waals surface area contributed by atoms with Crippen molar-refractivity contribution < 1.29 is 14.4 Å². The van der Waals surface area contributed by atoms with Crippen LogP contribution in [0.4, 0.5) is 4.79 Å². The molecule has 1 amide bonds. The Kier molecular flexibility index (Phi) is 4.70. The third-order valence-corrected chi connectivity index (χ3v) is 5.61. The van der Waals surface area contributed by atoms with Crippen LogP contribution in [0.1, 0.15) is 44.9 Å². The van der Waals surface area contributed by atoms with Crippen molar-refractivity contribution in [3.63, 3.8) is 0 Å². The number of fused-ring (bicyclic) bond motifs is 3. The lowest BCUT2D eigenvalue weighted by molar-refractivity contribution is -0.945. The van der Waals surface area contributed by atoms with Gasteiger partial charge in [-0.25, -0.2) is 4.79 Å². The Morgan fingerprint density at radius 1 is 1.29 bits per heavy atom. The smallest absolute Gasteiger partial charge is 0.407 e. The molecule has 3 heterocycles. The summed E-state index contributed by atoms with van der Waals surface area (Å²) in [5.74, 6) is 4.01. The van der Waals surface area contributed by atoms with Crippen LogP contribution in [0.25, 0.3) is 0 Å². The van der Waals surface area contributed by atoms with Crippen molar-refractivity contribution >= 4 is 6.09 Å². The third-order valence-electron chi connectivity index (χ3n) is 5.61. The first-order chi connectivity index (χ1) is 10.3. The van der Waals surface area contributed by atoms with Gasteiger partial charge in [-0.15, -0.1) is 6.42 Å². The number of hydrogen-bond acceptors (Lipinski definition) is 2. The van der Waals surface area contributed by atoms with Gasteiger partial charge in [0.1, 0.15) is 12.6 Å². The number of hydrogen-bond donors (Lipinski definition) is 2. The summed E-state index contributed by atoms with van der Waals surface area (Å²) in [4.78, 5) is 13.4. The minimum absolute atomic E-state index is 0.225. The minimum Gasteiger partial charge on any atom is -0.443 e. The SMILES string of the molecule is C#C[C@H]1C[NH+]2CC[C@H]1C[C@@H]2COC(=O)NC1CCCCC1. The molecule has 21 heavy (non-hydrogen) atoms. The van der Waals surface area contributed by atoms with Crippen LogP contribution in [-0.2, 0) is 4.74 Å². The van der Waals surface area contributed by atoms with Crippen LogP contribution in [0.15, 0.2) is 0 Å². The fraction of sp³-hybridized carbons (Fsp3) is 0.824. The van der Waals surface area contributed by atoms with E-state index in [1.807, 2.05) is 0 Å². The fourth-order valence-electron chi connectivity index (χ4n) is 4.32. The second kappa shape index (κ2) is 6.70. The highest BCUT2D eigenvalue weighted by Gasteiger charge is 2.43. The van der Waals surface area contributed by atoms with Gasteiger partial charge in [-0.2, -0.15) is 0 Å². The first-order valence-electron chi connectivity index (χ1n) is 8.50. The van der Waals surface area contributed by atoms with Gasteiger partial charge >= 0.3 is 6.09 Å². The van der Waals surface area contributed by atoms with E-state index in [0.29, 0.717) is 30.5 Å². The molecule has 2 bridgehead atoms. The Bertz CT molecular complexity index is 412. The van der Waals surface area contributed by atoms with E-state index in [2.05, 4.69) is 11.2 Å². The van der Waals surface area contributed by atoms with Crippen molar-refractivity contribution in [1.82, 2.24) is 5.32 Å². The Morgan fingerprint density at radius 2 is 2.10 bits per heavy atom. The van der Waals surface area contributed by atoms with E-state index >= 15 is 0 Å². The van der Waals surface area contributed by atoms with Gasteiger partial charge in [-0.3, -0.25) is 0 Å². The Morgan fingerprint density at radius 3 is 2.76 bits per heavy atom. The van der Waals surface area contributed by atoms with Gasteiger partial charge in [0, 0.05) is 18.9 Å². The zero-order chi connectivity index (χ0) is 14.7. The molecule has 4 fully saturated rings. The first kappa shape index (κ1) is 14.7. The van der Waals surface area contributed by atoms with E-state index in [4.69, 9.17) is 11.2 Å². The van der Waals surface area contributed by atoms with Crippen LogP contribution in [0.5, 0.6) is 0 Å². The molecule has 3 saturated heterocycles. The molecular weight excluding hydrogens is 264 g/mol. The summed E-state index contributed by atoms with van der Waals surface area (Å²) in [6, 6.07) is 0.776. The van der Waals surface area contributed by atoms with Crippen LogP contribution >= 0.6 is 0 Å². The van der Waals surface area contributed by atoms with E-state index in [0.717, 1.165) is 25.8 Å². The van der Waals surface area contributed by atoms with Crippen LogP contribution in [0, 0.1) is 24.2 Å². The lowest BCUT2D eigenvalue weighted by atomic mass is 9.76. The number of carbonyl (C=O) groups excluding carboxylic acids is 1. The molecule has 2 N–H and O–H groups in total. The molecule has 0 radical (unpaired) electrons. The lowest BCUT2D eigenvalue weighted by Crippen LogP contribution is -3.20. The van der Waals surface area contributed by atoms with Gasteiger partial charge in [0.05, 0.1) is 19.0 Å². The van der Waals surface area contributed by atoms with Gasteiger partial charge in [0.2, 0.25) is 0 Å². The first-order valence-corrected chi connectivity index (χ1v) is 8.50. The number of quaternary nitrogens is 1. The Balaban J connectivity index is 1.41. The zero-order valence-corrected chi connectivity index (χ0v) is 12.8. The predicted molar refractivity (Wildman–Crippen MR) is 80.9 cm³/mol. The van der Waals surface area contributed by atoms with Crippen molar-refractivity contribution in [1.29, 1.82) is 0 Å². The standard InChI is InChI=1S/C17H26N2O2/c1-2-13-11-19-9-8-14(13)10-16(19)12-21-17(20)18-15-6-4-3-5-7-15/h1,13-16H,3-12H2,(H,18,20)/p+1/t13-,14-,16+/m0/s1. The molecule has 0 aromatic rings. The van der Waals surface area contributed by atoms with Crippen molar-refractivity contribution in [3.8, 4) is 12.3 Å². The molecule has 4 heteroatoms. The lowest BCUT2D eigenvalue weighted by Gasteiger charge is -2.44. The molecule has 4 nitrogen and oxygen atoms in total. The quantitative estimate of drug-likeness (QED) is 0.761. The Hall–Kier alpha value is -1.21. The zero-order valence-electron chi connectivity index (χ0n) is 12.8. The number of amides is 1. The summed E-state index contributed by atoms with van der Waals surface area (Å²) >= 11 is 0. The average Bonchev–Trinajstić information content (AvgIpc) is 2.54. The van der Waals surface area contributed by atoms with Gasteiger partial charge in [-0.1, -0.05) is 25.2 Å². The second-order valence-electron chi connectivity index (χ2n) is 6.94. The molecule has 4 atom stereocenters. The van der Waals surface area contributed by atoms with Crippen molar-refractivity contribution in [2.24, 2.45) is 11.8 Å². The number of piperidine rings is 3. The normalized spacial score (nSPS) is 36.0. The van der Waals surface area contributed by atoms with Crippen molar-refractivity contribution in [3.05, 3.63) is 0 Å². The number of terminal acetylenes is 1. The molecule has 1 saturated carbocycles. The monoisotopic (exact) mass is 291 g/mol. The van der Waals surface area contributed by atoms with Crippen molar-refractivity contribution in [2.45, 2.75) is 57.0 Å². The summed E-state index contributed by atoms with van der Waals surface area (Å²) in [6.07, 6.45) is 13.7. The molecule has 116 valence electrons. The predicted octanol–water partition coefficient (Wildman–Crippen LogP) is 0.972. The molecule has 1 unspecified atom stereocenters. The van der Waals surface area contributed by atoms with E-state index in [9.17, 15) is 4.79 Å². The van der Waals surface area contributed by atoms with E-state index in [1.165, 1.54) is 37.1 Å². The third kappa shape index (κ3) is 3.52. The summed E-state index contributed by atoms with van der Waals surface area (Å²) in [7, 11) is 0. The summed E-state index contributed by atoms with van der Waals surface area (Å²) < 4.78 is 5.48. The maximum Gasteiger partial charge on any atom is 0.407 e. The highest BCUT2D eigenvalue weighted by molar-refractivity contribution is 5.67. The maximum atomic E-state index is 11.9. The highest BCUT2D eigenvalue weighted by atomic mass is 16.5. The molecule has 1 aliphatic carbocycles. The molecule has 3 aliphatic heterocycles. The number of ether oxygens (including phenoxy) is 1. The molecule has 4 aliphatic rings.